The Hall–Kier alpha value is -1.13. The van der Waals surface area contributed by atoms with Crippen molar-refractivity contribution in [3.8, 4) is 0 Å². The summed E-state index contributed by atoms with van der Waals surface area (Å²) in [6.07, 6.45) is 2.52. The smallest absolute Gasteiger partial charge is 0.237 e. The fourth-order valence-electron chi connectivity index (χ4n) is 2.17. The zero-order valence-corrected chi connectivity index (χ0v) is 10.6. The number of carbonyl (C=O) groups excluding carboxylic acids is 1. The Balaban J connectivity index is 2.09. The lowest BCUT2D eigenvalue weighted by atomic mass is 10.1. The third kappa shape index (κ3) is 2.96. The number of halogens is 1. The van der Waals surface area contributed by atoms with Crippen LogP contribution in [0.5, 0.6) is 0 Å². The monoisotopic (exact) mass is 253 g/mol. The predicted molar refractivity (Wildman–Crippen MR) is 66.7 cm³/mol. The van der Waals surface area contributed by atoms with E-state index in [9.17, 15) is 4.79 Å². The molecule has 0 spiro atoms. The fourth-order valence-corrected chi connectivity index (χ4v) is 2.37. The van der Waals surface area contributed by atoms with E-state index in [2.05, 4.69) is 15.2 Å². The first kappa shape index (κ1) is 12.3. The highest BCUT2D eigenvalue weighted by Crippen LogP contribution is 2.15. The number of aromatic nitrogens is 1. The van der Waals surface area contributed by atoms with Crippen molar-refractivity contribution >= 4 is 17.5 Å². The average molecular weight is 254 g/mol. The molecule has 1 aromatic heterocycles. The van der Waals surface area contributed by atoms with Crippen LogP contribution in [0.2, 0.25) is 5.15 Å². The Morgan fingerprint density at radius 1 is 1.65 bits per heavy atom. The van der Waals surface area contributed by atoms with Gasteiger partial charge in [0.15, 0.2) is 0 Å². The Kier molecular flexibility index (Phi) is 3.97. The Labute approximate surface area is 106 Å². The van der Waals surface area contributed by atoms with Gasteiger partial charge in [-0.25, -0.2) is 4.98 Å². The Bertz CT molecular complexity index is 410. The predicted octanol–water partition coefficient (Wildman–Crippen LogP) is 1.45. The summed E-state index contributed by atoms with van der Waals surface area (Å²) in [7, 11) is 0. The van der Waals surface area contributed by atoms with E-state index in [-0.39, 0.29) is 11.9 Å². The number of carbonyl (C=O) groups is 1. The summed E-state index contributed by atoms with van der Waals surface area (Å²) in [4.78, 5) is 17.8. The molecular weight excluding hydrogens is 238 g/mol. The van der Waals surface area contributed by atoms with Gasteiger partial charge in [0.1, 0.15) is 5.15 Å². The lowest BCUT2D eigenvalue weighted by molar-refractivity contribution is -0.129. The summed E-state index contributed by atoms with van der Waals surface area (Å²) in [6, 6.07) is 3.75. The van der Waals surface area contributed by atoms with Gasteiger partial charge in [0.05, 0.1) is 6.04 Å². The minimum atomic E-state index is -0.0318. The van der Waals surface area contributed by atoms with Crippen molar-refractivity contribution < 1.29 is 4.79 Å². The van der Waals surface area contributed by atoms with E-state index in [1.165, 1.54) is 0 Å². The molecule has 5 heteroatoms. The number of nitrogens with zero attached hydrogens (tertiary/aromatic N) is 2. The number of rotatable bonds is 3. The van der Waals surface area contributed by atoms with Gasteiger partial charge >= 0.3 is 0 Å². The summed E-state index contributed by atoms with van der Waals surface area (Å²) in [5.74, 6) is 0.124. The van der Waals surface area contributed by atoms with Crippen LogP contribution in [0.3, 0.4) is 0 Å². The van der Waals surface area contributed by atoms with Crippen molar-refractivity contribution in [3.05, 3.63) is 29.0 Å². The highest BCUT2D eigenvalue weighted by molar-refractivity contribution is 6.29. The van der Waals surface area contributed by atoms with Crippen LogP contribution in [-0.2, 0) is 11.3 Å². The highest BCUT2D eigenvalue weighted by Gasteiger charge is 2.27. The average Bonchev–Trinajstić information content (AvgIpc) is 2.29. The number of piperazine rings is 1. The van der Waals surface area contributed by atoms with Crippen LogP contribution in [0.1, 0.15) is 18.9 Å². The van der Waals surface area contributed by atoms with Crippen LogP contribution >= 0.6 is 11.6 Å². The molecule has 1 aliphatic rings. The highest BCUT2D eigenvalue weighted by atomic mass is 35.5. The van der Waals surface area contributed by atoms with E-state index >= 15 is 0 Å². The normalized spacial score (nSPS) is 21.3. The molecule has 1 aromatic rings. The molecule has 2 heterocycles. The van der Waals surface area contributed by atoms with Crippen molar-refractivity contribution in [2.45, 2.75) is 25.9 Å². The summed E-state index contributed by atoms with van der Waals surface area (Å²) < 4.78 is 0. The third-order valence-corrected chi connectivity index (χ3v) is 3.21. The van der Waals surface area contributed by atoms with E-state index in [0.29, 0.717) is 11.7 Å². The van der Waals surface area contributed by atoms with Crippen molar-refractivity contribution in [1.82, 2.24) is 15.2 Å². The van der Waals surface area contributed by atoms with Gasteiger partial charge in [0.25, 0.3) is 0 Å². The summed E-state index contributed by atoms with van der Waals surface area (Å²) in [5.41, 5.74) is 1.10. The maximum Gasteiger partial charge on any atom is 0.237 e. The van der Waals surface area contributed by atoms with Gasteiger partial charge in [0, 0.05) is 25.8 Å². The minimum Gasteiger partial charge on any atom is -0.353 e. The molecule has 1 unspecified atom stereocenters. The van der Waals surface area contributed by atoms with Gasteiger partial charge in [-0.1, -0.05) is 18.5 Å². The zero-order valence-electron chi connectivity index (χ0n) is 9.82. The molecular formula is C12H16ClN3O. The number of nitrogens with one attached hydrogen (secondary N) is 1. The number of pyridine rings is 1. The molecule has 17 heavy (non-hydrogen) atoms. The molecule has 4 nitrogen and oxygen atoms in total. The number of hydrogen-bond donors (Lipinski definition) is 1. The van der Waals surface area contributed by atoms with Gasteiger partial charge in [-0.05, 0) is 24.1 Å². The molecule has 2 rings (SSSR count). The molecule has 92 valence electrons. The molecule has 1 fully saturated rings. The van der Waals surface area contributed by atoms with Gasteiger partial charge < -0.3 is 5.32 Å². The van der Waals surface area contributed by atoms with Crippen molar-refractivity contribution in [2.24, 2.45) is 0 Å². The van der Waals surface area contributed by atoms with E-state index in [1.807, 2.05) is 19.1 Å². The number of hydrogen-bond acceptors (Lipinski definition) is 3. The summed E-state index contributed by atoms with van der Waals surface area (Å²) in [6.45, 7) is 4.37. The third-order valence-electron chi connectivity index (χ3n) is 3.01. The zero-order chi connectivity index (χ0) is 12.3. The van der Waals surface area contributed by atoms with Gasteiger partial charge in [-0.3, -0.25) is 9.69 Å². The summed E-state index contributed by atoms with van der Waals surface area (Å²) >= 11 is 5.85. The summed E-state index contributed by atoms with van der Waals surface area (Å²) in [5, 5.41) is 3.39. The van der Waals surface area contributed by atoms with Crippen LogP contribution in [-0.4, -0.2) is 34.9 Å². The Morgan fingerprint density at radius 2 is 2.47 bits per heavy atom. The molecule has 1 amide bonds. The maximum absolute atomic E-state index is 11.7. The van der Waals surface area contributed by atoms with Crippen LogP contribution in [0.15, 0.2) is 18.3 Å². The molecule has 1 N–H and O–H groups in total. The van der Waals surface area contributed by atoms with E-state index < -0.39 is 0 Å². The molecule has 1 saturated heterocycles. The molecule has 1 atom stereocenters. The second kappa shape index (κ2) is 5.47. The lowest BCUT2D eigenvalue weighted by Gasteiger charge is -2.34. The van der Waals surface area contributed by atoms with Gasteiger partial charge in [0.2, 0.25) is 5.91 Å². The topological polar surface area (TPSA) is 45.2 Å². The van der Waals surface area contributed by atoms with E-state index in [1.54, 1.807) is 6.20 Å². The first-order valence-corrected chi connectivity index (χ1v) is 6.20. The standard InChI is InChI=1S/C12H16ClN3O/c1-2-10-12(17)15-5-6-16(10)8-9-3-4-14-11(13)7-9/h3-4,7,10H,2,5-6,8H2,1H3,(H,15,17). The minimum absolute atomic E-state index is 0.0318. The number of amides is 1. The van der Waals surface area contributed by atoms with Crippen molar-refractivity contribution in [1.29, 1.82) is 0 Å². The van der Waals surface area contributed by atoms with Crippen LogP contribution in [0.25, 0.3) is 0 Å². The molecule has 0 saturated carbocycles. The van der Waals surface area contributed by atoms with Gasteiger partial charge in [-0.15, -0.1) is 0 Å². The molecule has 0 bridgehead atoms. The maximum atomic E-state index is 11.7. The Morgan fingerprint density at radius 3 is 3.18 bits per heavy atom. The van der Waals surface area contributed by atoms with Crippen LogP contribution in [0, 0.1) is 0 Å². The molecule has 0 aromatic carbocycles. The first-order chi connectivity index (χ1) is 8.20. The second-order valence-electron chi connectivity index (χ2n) is 4.17. The van der Waals surface area contributed by atoms with Crippen molar-refractivity contribution in [2.75, 3.05) is 13.1 Å². The molecule has 0 radical (unpaired) electrons. The van der Waals surface area contributed by atoms with E-state index in [0.717, 1.165) is 25.1 Å². The largest absolute Gasteiger partial charge is 0.353 e. The second-order valence-corrected chi connectivity index (χ2v) is 4.56. The first-order valence-electron chi connectivity index (χ1n) is 5.83. The quantitative estimate of drug-likeness (QED) is 0.830. The lowest BCUT2D eigenvalue weighted by Crippen LogP contribution is -2.54. The van der Waals surface area contributed by atoms with Crippen molar-refractivity contribution in [3.63, 3.8) is 0 Å². The van der Waals surface area contributed by atoms with Gasteiger partial charge in [-0.2, -0.15) is 0 Å². The molecule has 1 aliphatic heterocycles. The van der Waals surface area contributed by atoms with Crippen LogP contribution in [0.4, 0.5) is 0 Å². The van der Waals surface area contributed by atoms with E-state index in [4.69, 9.17) is 11.6 Å². The van der Waals surface area contributed by atoms with Crippen LogP contribution < -0.4 is 5.32 Å². The fraction of sp³-hybridized carbons (Fsp3) is 0.500. The SMILES string of the molecule is CCC1C(=O)NCCN1Cc1ccnc(Cl)c1. The molecule has 0 aliphatic carbocycles.